The summed E-state index contributed by atoms with van der Waals surface area (Å²) in [6.07, 6.45) is 1.77. The van der Waals surface area contributed by atoms with Crippen LogP contribution in [0.5, 0.6) is 5.75 Å². The molecular weight excluding hydrogens is 384 g/mol. The van der Waals surface area contributed by atoms with E-state index in [9.17, 15) is 4.79 Å². The Kier molecular flexibility index (Phi) is 7.08. The number of para-hydroxylation sites is 1. The van der Waals surface area contributed by atoms with Gasteiger partial charge in [-0.2, -0.15) is 0 Å². The first-order valence-corrected chi connectivity index (χ1v) is 10.3. The van der Waals surface area contributed by atoms with E-state index in [4.69, 9.17) is 4.74 Å². The number of rotatable bonds is 9. The standard InChI is InChI=1S/C22H24N4O2S/c1-4-12-26-20(14-28-18-8-6-5-7-9-18)24-25-22(26)29-15-21(27)23-19-11-10-16(2)13-17(19)3/h4-11,13H,1,12,14-15H2,2-3H3,(H,23,27). The first kappa shape index (κ1) is 20.7. The number of amides is 1. The molecule has 0 atom stereocenters. The number of thioether (sulfide) groups is 1. The number of benzene rings is 2. The van der Waals surface area contributed by atoms with E-state index in [0.29, 0.717) is 24.1 Å². The van der Waals surface area contributed by atoms with Crippen LogP contribution in [-0.2, 0) is 17.9 Å². The van der Waals surface area contributed by atoms with Gasteiger partial charge < -0.3 is 10.1 Å². The van der Waals surface area contributed by atoms with Crippen molar-refractivity contribution in [3.8, 4) is 5.75 Å². The number of carbonyl (C=O) groups is 1. The van der Waals surface area contributed by atoms with Gasteiger partial charge in [-0.1, -0.05) is 53.7 Å². The van der Waals surface area contributed by atoms with Crippen LogP contribution in [0.4, 0.5) is 5.69 Å². The summed E-state index contributed by atoms with van der Waals surface area (Å²) in [5.41, 5.74) is 3.03. The number of nitrogens with one attached hydrogen (secondary N) is 1. The second-order valence-electron chi connectivity index (χ2n) is 6.56. The van der Waals surface area contributed by atoms with Gasteiger partial charge in [0.05, 0.1) is 5.75 Å². The average Bonchev–Trinajstić information content (AvgIpc) is 3.10. The zero-order valence-electron chi connectivity index (χ0n) is 16.6. The van der Waals surface area contributed by atoms with Crippen molar-refractivity contribution in [3.63, 3.8) is 0 Å². The molecule has 1 aromatic heterocycles. The van der Waals surface area contributed by atoms with Crippen molar-refractivity contribution < 1.29 is 9.53 Å². The lowest BCUT2D eigenvalue weighted by Gasteiger charge is -2.10. The molecule has 0 bridgehead atoms. The number of nitrogens with zero attached hydrogens (tertiary/aromatic N) is 3. The minimum absolute atomic E-state index is 0.0859. The molecular formula is C22H24N4O2S. The molecule has 6 nitrogen and oxygen atoms in total. The minimum atomic E-state index is -0.0859. The Morgan fingerprint density at radius 2 is 2.00 bits per heavy atom. The van der Waals surface area contributed by atoms with E-state index in [0.717, 1.165) is 22.6 Å². The summed E-state index contributed by atoms with van der Waals surface area (Å²) in [6.45, 7) is 8.64. The molecule has 3 rings (SSSR count). The predicted molar refractivity (Wildman–Crippen MR) is 116 cm³/mol. The molecule has 0 aliphatic rings. The molecule has 0 aliphatic carbocycles. The highest BCUT2D eigenvalue weighted by atomic mass is 32.2. The lowest BCUT2D eigenvalue weighted by molar-refractivity contribution is -0.113. The normalized spacial score (nSPS) is 10.6. The lowest BCUT2D eigenvalue weighted by atomic mass is 10.1. The molecule has 150 valence electrons. The number of hydrogen-bond donors (Lipinski definition) is 1. The highest BCUT2D eigenvalue weighted by Gasteiger charge is 2.14. The van der Waals surface area contributed by atoms with Gasteiger partial charge in [-0.15, -0.1) is 16.8 Å². The monoisotopic (exact) mass is 408 g/mol. The van der Waals surface area contributed by atoms with Crippen molar-refractivity contribution in [2.75, 3.05) is 11.1 Å². The van der Waals surface area contributed by atoms with Crippen molar-refractivity contribution in [1.82, 2.24) is 14.8 Å². The fourth-order valence-electron chi connectivity index (χ4n) is 2.78. The molecule has 1 amide bonds. The maximum Gasteiger partial charge on any atom is 0.234 e. The van der Waals surface area contributed by atoms with Gasteiger partial charge in [0.25, 0.3) is 0 Å². The molecule has 7 heteroatoms. The van der Waals surface area contributed by atoms with Gasteiger partial charge in [0.1, 0.15) is 12.4 Å². The van der Waals surface area contributed by atoms with Crippen molar-refractivity contribution in [3.05, 3.63) is 78.1 Å². The van der Waals surface area contributed by atoms with Gasteiger partial charge in [0.2, 0.25) is 5.91 Å². The molecule has 0 saturated carbocycles. The van der Waals surface area contributed by atoms with Crippen LogP contribution in [0.3, 0.4) is 0 Å². The number of hydrogen-bond acceptors (Lipinski definition) is 5. The van der Waals surface area contributed by atoms with Gasteiger partial charge in [-0.3, -0.25) is 9.36 Å². The van der Waals surface area contributed by atoms with Crippen molar-refractivity contribution in [2.45, 2.75) is 32.2 Å². The zero-order chi connectivity index (χ0) is 20.6. The number of aryl methyl sites for hydroxylation is 2. The Balaban J connectivity index is 1.61. The van der Waals surface area contributed by atoms with Crippen LogP contribution in [0, 0.1) is 13.8 Å². The largest absolute Gasteiger partial charge is 0.486 e. The molecule has 0 fully saturated rings. The number of carbonyl (C=O) groups excluding carboxylic acids is 1. The molecule has 1 heterocycles. The number of ether oxygens (including phenoxy) is 1. The van der Waals surface area contributed by atoms with E-state index in [1.165, 1.54) is 11.8 Å². The Labute approximate surface area is 175 Å². The third-order valence-corrected chi connectivity index (χ3v) is 5.17. The Morgan fingerprint density at radius 1 is 1.21 bits per heavy atom. The van der Waals surface area contributed by atoms with Gasteiger partial charge in [0.15, 0.2) is 11.0 Å². The maximum atomic E-state index is 12.4. The molecule has 1 N–H and O–H groups in total. The topological polar surface area (TPSA) is 69.0 Å². The van der Waals surface area contributed by atoms with Gasteiger partial charge in [-0.05, 0) is 37.6 Å². The van der Waals surface area contributed by atoms with Gasteiger partial charge in [0, 0.05) is 12.2 Å². The van der Waals surface area contributed by atoms with Crippen molar-refractivity contribution in [2.24, 2.45) is 0 Å². The zero-order valence-corrected chi connectivity index (χ0v) is 17.4. The van der Waals surface area contributed by atoms with Crippen LogP contribution in [-0.4, -0.2) is 26.4 Å². The number of allylic oxidation sites excluding steroid dienone is 1. The van der Waals surface area contributed by atoms with Crippen LogP contribution >= 0.6 is 11.8 Å². The quantitative estimate of drug-likeness (QED) is 0.420. The van der Waals surface area contributed by atoms with Crippen LogP contribution in [0.25, 0.3) is 0 Å². The van der Waals surface area contributed by atoms with Crippen LogP contribution in [0.2, 0.25) is 0 Å². The molecule has 3 aromatic rings. The minimum Gasteiger partial charge on any atom is -0.486 e. The Morgan fingerprint density at radius 3 is 2.72 bits per heavy atom. The van der Waals surface area contributed by atoms with E-state index < -0.39 is 0 Å². The lowest BCUT2D eigenvalue weighted by Crippen LogP contribution is -2.15. The first-order valence-electron chi connectivity index (χ1n) is 9.27. The van der Waals surface area contributed by atoms with E-state index in [1.54, 1.807) is 6.08 Å². The predicted octanol–water partition coefficient (Wildman–Crippen LogP) is 4.39. The van der Waals surface area contributed by atoms with Crippen molar-refractivity contribution >= 4 is 23.4 Å². The van der Waals surface area contributed by atoms with Crippen LogP contribution in [0.1, 0.15) is 17.0 Å². The molecule has 0 radical (unpaired) electrons. The number of aromatic nitrogens is 3. The van der Waals surface area contributed by atoms with Crippen LogP contribution < -0.4 is 10.1 Å². The van der Waals surface area contributed by atoms with Crippen molar-refractivity contribution in [1.29, 1.82) is 0 Å². The fourth-order valence-corrected chi connectivity index (χ4v) is 3.55. The fraction of sp³-hybridized carbons (Fsp3) is 0.227. The second kappa shape index (κ2) is 9.93. The summed E-state index contributed by atoms with van der Waals surface area (Å²) < 4.78 is 7.68. The molecule has 0 saturated heterocycles. The molecule has 2 aromatic carbocycles. The molecule has 0 spiro atoms. The van der Waals surface area contributed by atoms with E-state index in [1.807, 2.05) is 66.9 Å². The molecule has 0 unspecified atom stereocenters. The number of anilines is 1. The summed E-state index contributed by atoms with van der Waals surface area (Å²) in [5.74, 6) is 1.60. The van der Waals surface area contributed by atoms with E-state index in [2.05, 4.69) is 22.1 Å². The smallest absolute Gasteiger partial charge is 0.234 e. The third kappa shape index (κ3) is 5.71. The first-order chi connectivity index (χ1) is 14.1. The van der Waals surface area contributed by atoms with Gasteiger partial charge in [-0.25, -0.2) is 0 Å². The summed E-state index contributed by atoms with van der Waals surface area (Å²) >= 11 is 1.34. The molecule has 0 aliphatic heterocycles. The Hall–Kier alpha value is -3.06. The summed E-state index contributed by atoms with van der Waals surface area (Å²) in [7, 11) is 0. The summed E-state index contributed by atoms with van der Waals surface area (Å²) in [6, 6.07) is 15.5. The van der Waals surface area contributed by atoms with Crippen LogP contribution in [0.15, 0.2) is 66.3 Å². The summed E-state index contributed by atoms with van der Waals surface area (Å²) in [5, 5.41) is 12.1. The second-order valence-corrected chi connectivity index (χ2v) is 7.50. The van der Waals surface area contributed by atoms with E-state index in [-0.39, 0.29) is 11.7 Å². The van der Waals surface area contributed by atoms with Gasteiger partial charge >= 0.3 is 0 Å². The maximum absolute atomic E-state index is 12.4. The highest BCUT2D eigenvalue weighted by Crippen LogP contribution is 2.20. The third-order valence-electron chi connectivity index (χ3n) is 4.20. The Bertz CT molecular complexity index is 986. The SMILES string of the molecule is C=CCn1c(COc2ccccc2)nnc1SCC(=O)Nc1ccc(C)cc1C. The average molecular weight is 409 g/mol. The van der Waals surface area contributed by atoms with E-state index >= 15 is 0 Å². The highest BCUT2D eigenvalue weighted by molar-refractivity contribution is 7.99. The summed E-state index contributed by atoms with van der Waals surface area (Å²) in [4.78, 5) is 12.4. The molecule has 29 heavy (non-hydrogen) atoms.